The standard InChI is InChI=1S/C14H15ClS/c1-10-4-3-5-12(8-10)9-13(15)14-11(2)6-7-16-14/h3-8,13H,9H2,1-2H3. The quantitative estimate of drug-likeness (QED) is 0.681. The molecule has 16 heavy (non-hydrogen) atoms. The van der Waals surface area contributed by atoms with E-state index < -0.39 is 0 Å². The van der Waals surface area contributed by atoms with Gasteiger partial charge in [-0.25, -0.2) is 0 Å². The topological polar surface area (TPSA) is 0 Å². The Hall–Kier alpha value is -0.790. The number of rotatable bonds is 3. The summed E-state index contributed by atoms with van der Waals surface area (Å²) in [4.78, 5) is 1.29. The monoisotopic (exact) mass is 250 g/mol. The van der Waals surface area contributed by atoms with Crippen LogP contribution in [0.2, 0.25) is 0 Å². The second kappa shape index (κ2) is 5.03. The normalized spacial score (nSPS) is 12.7. The molecule has 0 aliphatic rings. The fraction of sp³-hybridized carbons (Fsp3) is 0.286. The van der Waals surface area contributed by atoms with Gasteiger partial charge in [-0.05, 0) is 42.8 Å². The summed E-state index contributed by atoms with van der Waals surface area (Å²) in [6, 6.07) is 10.7. The van der Waals surface area contributed by atoms with Crippen molar-refractivity contribution in [1.82, 2.24) is 0 Å². The molecule has 0 fully saturated rings. The number of aryl methyl sites for hydroxylation is 2. The van der Waals surface area contributed by atoms with Crippen molar-refractivity contribution in [3.8, 4) is 0 Å². The van der Waals surface area contributed by atoms with Gasteiger partial charge in [0.15, 0.2) is 0 Å². The van der Waals surface area contributed by atoms with Crippen LogP contribution in [-0.4, -0.2) is 0 Å². The Labute approximate surface area is 106 Å². The lowest BCUT2D eigenvalue weighted by Gasteiger charge is -2.09. The predicted molar refractivity (Wildman–Crippen MR) is 72.5 cm³/mol. The first-order valence-electron chi connectivity index (χ1n) is 5.40. The van der Waals surface area contributed by atoms with E-state index in [0.717, 1.165) is 6.42 Å². The number of hydrogen-bond acceptors (Lipinski definition) is 1. The van der Waals surface area contributed by atoms with Crippen LogP contribution in [0.15, 0.2) is 35.7 Å². The van der Waals surface area contributed by atoms with Crippen molar-refractivity contribution in [1.29, 1.82) is 0 Å². The van der Waals surface area contributed by atoms with Gasteiger partial charge in [0.1, 0.15) is 0 Å². The highest BCUT2D eigenvalue weighted by Crippen LogP contribution is 2.31. The van der Waals surface area contributed by atoms with Crippen LogP contribution in [0.25, 0.3) is 0 Å². The Bertz CT molecular complexity index is 473. The van der Waals surface area contributed by atoms with Gasteiger partial charge in [-0.1, -0.05) is 29.8 Å². The van der Waals surface area contributed by atoms with Crippen molar-refractivity contribution in [2.24, 2.45) is 0 Å². The predicted octanol–water partition coefficient (Wildman–Crippen LogP) is 4.89. The number of alkyl halides is 1. The van der Waals surface area contributed by atoms with Gasteiger partial charge in [0.25, 0.3) is 0 Å². The lowest BCUT2D eigenvalue weighted by Crippen LogP contribution is -1.95. The number of hydrogen-bond donors (Lipinski definition) is 0. The minimum Gasteiger partial charge on any atom is -0.147 e. The van der Waals surface area contributed by atoms with Gasteiger partial charge in [0, 0.05) is 4.88 Å². The third kappa shape index (κ3) is 2.66. The van der Waals surface area contributed by atoms with Crippen LogP contribution < -0.4 is 0 Å². The van der Waals surface area contributed by atoms with Crippen molar-refractivity contribution in [3.63, 3.8) is 0 Å². The third-order valence-corrected chi connectivity index (χ3v) is 4.32. The highest BCUT2D eigenvalue weighted by Gasteiger charge is 2.12. The van der Waals surface area contributed by atoms with Gasteiger partial charge in [-0.15, -0.1) is 22.9 Å². The molecule has 1 atom stereocenters. The Kier molecular flexibility index (Phi) is 3.67. The van der Waals surface area contributed by atoms with Crippen LogP contribution in [0, 0.1) is 13.8 Å². The minimum absolute atomic E-state index is 0.0989. The van der Waals surface area contributed by atoms with Crippen molar-refractivity contribution in [2.45, 2.75) is 25.6 Å². The zero-order valence-electron chi connectivity index (χ0n) is 9.53. The molecular weight excluding hydrogens is 236 g/mol. The average Bonchev–Trinajstić information content (AvgIpc) is 2.64. The Morgan fingerprint density at radius 1 is 1.25 bits per heavy atom. The van der Waals surface area contributed by atoms with Gasteiger partial charge < -0.3 is 0 Å². The van der Waals surface area contributed by atoms with Crippen LogP contribution in [-0.2, 0) is 6.42 Å². The van der Waals surface area contributed by atoms with Crippen molar-refractivity contribution in [3.05, 3.63) is 57.3 Å². The van der Waals surface area contributed by atoms with Gasteiger partial charge in [0.05, 0.1) is 5.38 Å². The summed E-state index contributed by atoms with van der Waals surface area (Å²) < 4.78 is 0. The molecule has 0 saturated heterocycles. The zero-order valence-corrected chi connectivity index (χ0v) is 11.1. The van der Waals surface area contributed by atoms with Crippen LogP contribution in [0.5, 0.6) is 0 Å². The average molecular weight is 251 g/mol. The summed E-state index contributed by atoms with van der Waals surface area (Å²) in [5, 5.41) is 2.21. The van der Waals surface area contributed by atoms with Gasteiger partial charge in [-0.3, -0.25) is 0 Å². The maximum atomic E-state index is 6.45. The van der Waals surface area contributed by atoms with E-state index in [2.05, 4.69) is 49.6 Å². The molecule has 0 spiro atoms. The van der Waals surface area contributed by atoms with E-state index in [4.69, 9.17) is 11.6 Å². The fourth-order valence-electron chi connectivity index (χ4n) is 1.84. The smallest absolute Gasteiger partial charge is 0.0721 e. The maximum Gasteiger partial charge on any atom is 0.0721 e. The van der Waals surface area contributed by atoms with Gasteiger partial charge in [-0.2, -0.15) is 0 Å². The SMILES string of the molecule is Cc1cccc(CC(Cl)c2sccc2C)c1. The molecule has 0 nitrogen and oxygen atoms in total. The number of benzene rings is 1. The highest BCUT2D eigenvalue weighted by molar-refractivity contribution is 7.10. The molecule has 0 bridgehead atoms. The molecule has 1 aromatic carbocycles. The van der Waals surface area contributed by atoms with E-state index in [9.17, 15) is 0 Å². The maximum absolute atomic E-state index is 6.45. The molecule has 0 aliphatic heterocycles. The molecule has 0 amide bonds. The Morgan fingerprint density at radius 3 is 2.69 bits per heavy atom. The van der Waals surface area contributed by atoms with Gasteiger partial charge >= 0.3 is 0 Å². The largest absolute Gasteiger partial charge is 0.147 e. The molecular formula is C14H15ClS. The van der Waals surface area contributed by atoms with E-state index in [1.807, 2.05) is 0 Å². The Balaban J connectivity index is 2.14. The van der Waals surface area contributed by atoms with E-state index in [-0.39, 0.29) is 5.38 Å². The van der Waals surface area contributed by atoms with Crippen molar-refractivity contribution < 1.29 is 0 Å². The summed E-state index contributed by atoms with van der Waals surface area (Å²) in [7, 11) is 0. The molecule has 0 radical (unpaired) electrons. The fourth-order valence-corrected chi connectivity index (χ4v) is 3.25. The molecule has 1 unspecified atom stereocenters. The van der Waals surface area contributed by atoms with Crippen LogP contribution in [0.1, 0.15) is 26.9 Å². The lowest BCUT2D eigenvalue weighted by atomic mass is 10.1. The summed E-state index contributed by atoms with van der Waals surface area (Å²) in [5.41, 5.74) is 3.91. The summed E-state index contributed by atoms with van der Waals surface area (Å²) in [6.45, 7) is 4.24. The first kappa shape index (κ1) is 11.7. The molecule has 2 heteroatoms. The second-order valence-corrected chi connectivity index (χ2v) is 5.60. The third-order valence-electron chi connectivity index (χ3n) is 2.68. The van der Waals surface area contributed by atoms with Gasteiger partial charge in [0.2, 0.25) is 0 Å². The van der Waals surface area contributed by atoms with Crippen molar-refractivity contribution in [2.75, 3.05) is 0 Å². The zero-order chi connectivity index (χ0) is 11.5. The minimum atomic E-state index is 0.0989. The number of halogens is 1. The molecule has 2 rings (SSSR count). The van der Waals surface area contributed by atoms with E-state index in [0.29, 0.717) is 0 Å². The first-order valence-corrected chi connectivity index (χ1v) is 6.72. The molecule has 0 N–H and O–H groups in total. The molecule has 2 aromatic rings. The summed E-state index contributed by atoms with van der Waals surface area (Å²) in [6.07, 6.45) is 0.907. The molecule has 1 aromatic heterocycles. The summed E-state index contributed by atoms with van der Waals surface area (Å²) >= 11 is 8.20. The van der Waals surface area contributed by atoms with E-state index in [1.165, 1.54) is 21.6 Å². The van der Waals surface area contributed by atoms with E-state index >= 15 is 0 Å². The lowest BCUT2D eigenvalue weighted by molar-refractivity contribution is 0.930. The molecule has 0 saturated carbocycles. The highest BCUT2D eigenvalue weighted by atomic mass is 35.5. The first-order chi connectivity index (χ1) is 7.66. The number of thiophene rings is 1. The summed E-state index contributed by atoms with van der Waals surface area (Å²) in [5.74, 6) is 0. The second-order valence-electron chi connectivity index (χ2n) is 4.13. The molecule has 1 heterocycles. The van der Waals surface area contributed by atoms with Crippen LogP contribution >= 0.6 is 22.9 Å². The molecule has 84 valence electrons. The van der Waals surface area contributed by atoms with Crippen LogP contribution in [0.4, 0.5) is 0 Å². The molecule has 0 aliphatic carbocycles. The van der Waals surface area contributed by atoms with Crippen molar-refractivity contribution >= 4 is 22.9 Å². The van der Waals surface area contributed by atoms with Crippen LogP contribution in [0.3, 0.4) is 0 Å². The van der Waals surface area contributed by atoms with E-state index in [1.54, 1.807) is 11.3 Å². The Morgan fingerprint density at radius 2 is 2.06 bits per heavy atom.